The third-order valence-corrected chi connectivity index (χ3v) is 4.67. The van der Waals surface area contributed by atoms with Gasteiger partial charge in [-0.2, -0.15) is 26.3 Å². The molecule has 0 saturated heterocycles. The quantitative estimate of drug-likeness (QED) is 0.459. The lowest BCUT2D eigenvalue weighted by atomic mass is 10.0. The number of amides is 1. The van der Waals surface area contributed by atoms with Crippen LogP contribution in [0.15, 0.2) is 66.7 Å². The van der Waals surface area contributed by atoms with Crippen LogP contribution in [0.3, 0.4) is 0 Å². The molecule has 168 valence electrons. The molecule has 3 nitrogen and oxygen atoms in total. The standard InChI is InChI=1S/C23H17F6NO2/c1-32-20-8-6-16(7-9-20)15-2-4-17(5-3-15)21(31)30-13-14-10-18(22(24,25)26)12-19(11-14)23(27,28)29/h2-12H,13H2,1H3,(H,30,31). The molecular weight excluding hydrogens is 436 g/mol. The van der Waals surface area contributed by atoms with Gasteiger partial charge in [-0.3, -0.25) is 4.79 Å². The van der Waals surface area contributed by atoms with Crippen LogP contribution in [-0.2, 0) is 18.9 Å². The maximum absolute atomic E-state index is 13.0. The fourth-order valence-electron chi connectivity index (χ4n) is 3.00. The van der Waals surface area contributed by atoms with Crippen LogP contribution in [-0.4, -0.2) is 13.0 Å². The second kappa shape index (κ2) is 8.94. The van der Waals surface area contributed by atoms with Crippen molar-refractivity contribution in [2.24, 2.45) is 0 Å². The first-order valence-electron chi connectivity index (χ1n) is 9.28. The minimum Gasteiger partial charge on any atom is -0.497 e. The fourth-order valence-corrected chi connectivity index (χ4v) is 3.00. The molecule has 32 heavy (non-hydrogen) atoms. The van der Waals surface area contributed by atoms with Crippen LogP contribution in [0, 0.1) is 0 Å². The number of hydrogen-bond donors (Lipinski definition) is 1. The Balaban J connectivity index is 1.73. The Morgan fingerprint density at radius 1 is 0.781 bits per heavy atom. The van der Waals surface area contributed by atoms with Gasteiger partial charge in [-0.1, -0.05) is 24.3 Å². The average Bonchev–Trinajstić information content (AvgIpc) is 2.76. The van der Waals surface area contributed by atoms with Crippen LogP contribution >= 0.6 is 0 Å². The fraction of sp³-hybridized carbons (Fsp3) is 0.174. The van der Waals surface area contributed by atoms with Gasteiger partial charge >= 0.3 is 12.4 Å². The van der Waals surface area contributed by atoms with E-state index in [0.717, 1.165) is 11.1 Å². The van der Waals surface area contributed by atoms with Crippen molar-refractivity contribution in [3.63, 3.8) is 0 Å². The largest absolute Gasteiger partial charge is 0.497 e. The topological polar surface area (TPSA) is 38.3 Å². The predicted molar refractivity (Wildman–Crippen MR) is 106 cm³/mol. The van der Waals surface area contributed by atoms with Crippen LogP contribution < -0.4 is 10.1 Å². The lowest BCUT2D eigenvalue weighted by molar-refractivity contribution is -0.143. The molecule has 0 atom stereocenters. The van der Waals surface area contributed by atoms with Gasteiger partial charge in [0.1, 0.15) is 5.75 Å². The third-order valence-electron chi connectivity index (χ3n) is 4.67. The first kappa shape index (κ1) is 23.2. The molecule has 0 aliphatic rings. The van der Waals surface area contributed by atoms with E-state index in [1.54, 1.807) is 31.4 Å². The molecule has 0 radical (unpaired) electrons. The normalized spacial score (nSPS) is 11.8. The molecule has 0 aromatic heterocycles. The number of rotatable bonds is 5. The number of halogens is 6. The molecule has 1 N–H and O–H groups in total. The van der Waals surface area contributed by atoms with E-state index in [2.05, 4.69) is 5.32 Å². The zero-order valence-corrected chi connectivity index (χ0v) is 16.6. The number of hydrogen-bond acceptors (Lipinski definition) is 2. The second-order valence-corrected chi connectivity index (χ2v) is 6.90. The third kappa shape index (κ3) is 5.60. The van der Waals surface area contributed by atoms with E-state index in [1.165, 1.54) is 12.1 Å². The Bertz CT molecular complexity index is 1060. The maximum atomic E-state index is 13.0. The van der Waals surface area contributed by atoms with Crippen LogP contribution in [0.2, 0.25) is 0 Å². The van der Waals surface area contributed by atoms with E-state index >= 15 is 0 Å². The monoisotopic (exact) mass is 453 g/mol. The van der Waals surface area contributed by atoms with E-state index in [0.29, 0.717) is 17.9 Å². The van der Waals surface area contributed by atoms with Crippen molar-refractivity contribution >= 4 is 5.91 Å². The zero-order valence-electron chi connectivity index (χ0n) is 16.6. The summed E-state index contributed by atoms with van der Waals surface area (Å²) in [6.07, 6.45) is -9.89. The number of benzene rings is 3. The van der Waals surface area contributed by atoms with Gasteiger partial charge < -0.3 is 10.1 Å². The molecule has 0 spiro atoms. The number of nitrogens with one attached hydrogen (secondary N) is 1. The van der Waals surface area contributed by atoms with Gasteiger partial charge in [-0.05, 0) is 59.2 Å². The molecule has 0 heterocycles. The highest BCUT2D eigenvalue weighted by Crippen LogP contribution is 2.36. The van der Waals surface area contributed by atoms with Crippen molar-refractivity contribution < 1.29 is 35.9 Å². The molecule has 0 saturated carbocycles. The number of carbonyl (C=O) groups excluding carboxylic acids is 1. The predicted octanol–water partition coefficient (Wildman–Crippen LogP) is 6.33. The highest BCUT2D eigenvalue weighted by molar-refractivity contribution is 5.94. The zero-order chi connectivity index (χ0) is 23.5. The minimum atomic E-state index is -4.95. The summed E-state index contributed by atoms with van der Waals surface area (Å²) in [6, 6.07) is 14.8. The summed E-state index contributed by atoms with van der Waals surface area (Å²) in [6.45, 7) is -0.494. The molecular formula is C23H17F6NO2. The SMILES string of the molecule is COc1ccc(-c2ccc(C(=O)NCc3cc(C(F)(F)F)cc(C(F)(F)F)c3)cc2)cc1. The Labute approximate surface area is 179 Å². The number of alkyl halides is 6. The Kier molecular flexibility index (Phi) is 6.47. The van der Waals surface area contributed by atoms with Crippen molar-refractivity contribution in [3.05, 3.63) is 89.0 Å². The number of methoxy groups -OCH3 is 1. The molecule has 9 heteroatoms. The van der Waals surface area contributed by atoms with Crippen molar-refractivity contribution in [1.82, 2.24) is 5.32 Å². The Morgan fingerprint density at radius 2 is 1.25 bits per heavy atom. The van der Waals surface area contributed by atoms with E-state index in [1.807, 2.05) is 12.1 Å². The summed E-state index contributed by atoms with van der Waals surface area (Å²) in [7, 11) is 1.55. The van der Waals surface area contributed by atoms with E-state index < -0.39 is 35.9 Å². The van der Waals surface area contributed by atoms with Crippen LogP contribution in [0.25, 0.3) is 11.1 Å². The van der Waals surface area contributed by atoms with E-state index in [-0.39, 0.29) is 17.2 Å². The molecule has 3 aromatic carbocycles. The molecule has 0 bridgehead atoms. The number of carbonyl (C=O) groups is 1. The van der Waals surface area contributed by atoms with Gasteiger partial charge in [0, 0.05) is 12.1 Å². The van der Waals surface area contributed by atoms with Crippen molar-refractivity contribution in [3.8, 4) is 16.9 Å². The van der Waals surface area contributed by atoms with Gasteiger partial charge in [0.05, 0.1) is 18.2 Å². The highest BCUT2D eigenvalue weighted by Gasteiger charge is 2.36. The maximum Gasteiger partial charge on any atom is 0.416 e. The van der Waals surface area contributed by atoms with Crippen molar-refractivity contribution in [1.29, 1.82) is 0 Å². The minimum absolute atomic E-state index is 0.0449. The first-order valence-corrected chi connectivity index (χ1v) is 9.28. The van der Waals surface area contributed by atoms with Crippen LogP contribution in [0.5, 0.6) is 5.75 Å². The summed E-state index contributed by atoms with van der Waals surface area (Å²) in [5, 5.41) is 2.36. The van der Waals surface area contributed by atoms with Crippen molar-refractivity contribution in [2.45, 2.75) is 18.9 Å². The van der Waals surface area contributed by atoms with Gasteiger partial charge in [0.25, 0.3) is 5.91 Å². The Hall–Kier alpha value is -3.49. The molecule has 0 unspecified atom stereocenters. The molecule has 0 aliphatic heterocycles. The molecule has 3 rings (SSSR count). The van der Waals surface area contributed by atoms with Gasteiger partial charge in [0.2, 0.25) is 0 Å². The summed E-state index contributed by atoms with van der Waals surface area (Å²) in [5.74, 6) is 0.0604. The average molecular weight is 453 g/mol. The summed E-state index contributed by atoms with van der Waals surface area (Å²) in [4.78, 5) is 12.3. The second-order valence-electron chi connectivity index (χ2n) is 6.90. The smallest absolute Gasteiger partial charge is 0.416 e. The van der Waals surface area contributed by atoms with Gasteiger partial charge in [-0.25, -0.2) is 0 Å². The van der Waals surface area contributed by atoms with E-state index in [9.17, 15) is 31.1 Å². The highest BCUT2D eigenvalue weighted by atomic mass is 19.4. The summed E-state index contributed by atoms with van der Waals surface area (Å²) >= 11 is 0. The lowest BCUT2D eigenvalue weighted by Gasteiger charge is -2.14. The molecule has 1 amide bonds. The van der Waals surface area contributed by atoms with E-state index in [4.69, 9.17) is 4.74 Å². The Morgan fingerprint density at radius 3 is 1.69 bits per heavy atom. The summed E-state index contributed by atoms with van der Waals surface area (Å²) in [5.41, 5.74) is -1.26. The van der Waals surface area contributed by atoms with Crippen LogP contribution in [0.1, 0.15) is 27.0 Å². The van der Waals surface area contributed by atoms with Crippen LogP contribution in [0.4, 0.5) is 26.3 Å². The lowest BCUT2D eigenvalue weighted by Crippen LogP contribution is -2.23. The van der Waals surface area contributed by atoms with Gasteiger partial charge in [-0.15, -0.1) is 0 Å². The number of ether oxygens (including phenoxy) is 1. The molecule has 3 aromatic rings. The first-order chi connectivity index (χ1) is 15.0. The molecule has 0 fully saturated rings. The summed E-state index contributed by atoms with van der Waals surface area (Å²) < 4.78 is 82.8. The van der Waals surface area contributed by atoms with Crippen molar-refractivity contribution in [2.75, 3.05) is 7.11 Å². The van der Waals surface area contributed by atoms with Gasteiger partial charge in [0.15, 0.2) is 0 Å². The molecule has 0 aliphatic carbocycles.